The number of aldehydes is 1. The van der Waals surface area contributed by atoms with Gasteiger partial charge in [0.2, 0.25) is 5.91 Å². The summed E-state index contributed by atoms with van der Waals surface area (Å²) < 4.78 is 7.77. The third kappa shape index (κ3) is 4.06. The number of nitrogens with zero attached hydrogens (tertiary/aromatic N) is 3. The Morgan fingerprint density at radius 3 is 2.84 bits per heavy atom. The number of rotatable bonds is 7. The van der Waals surface area contributed by atoms with Crippen LogP contribution in [0.25, 0.3) is 0 Å². The monoisotopic (exact) mass is 438 g/mol. The van der Waals surface area contributed by atoms with Crippen molar-refractivity contribution >= 4 is 17.9 Å². The number of carbonyl (C=O) groups is 2. The maximum Gasteiger partial charge on any atom is 0.244 e. The van der Waals surface area contributed by atoms with Gasteiger partial charge in [-0.15, -0.1) is 0 Å². The summed E-state index contributed by atoms with van der Waals surface area (Å²) in [5.74, 6) is 0.485. The minimum Gasteiger partial charge on any atom is -0.388 e. The number of fused-ring (bicyclic) bond motifs is 1. The highest BCUT2D eigenvalue weighted by Crippen LogP contribution is 2.38. The molecule has 1 fully saturated rings. The van der Waals surface area contributed by atoms with Gasteiger partial charge in [-0.3, -0.25) is 9.48 Å². The van der Waals surface area contributed by atoms with E-state index in [2.05, 4.69) is 32.2 Å². The molecule has 1 saturated heterocycles. The number of anilines is 1. The van der Waals surface area contributed by atoms with Crippen LogP contribution in [0.3, 0.4) is 0 Å². The second-order valence-electron chi connectivity index (χ2n) is 9.03. The second kappa shape index (κ2) is 9.45. The average molecular weight is 439 g/mol. The highest BCUT2D eigenvalue weighted by molar-refractivity contribution is 5.77. The van der Waals surface area contributed by atoms with E-state index in [1.54, 1.807) is 0 Å². The lowest BCUT2D eigenvalue weighted by atomic mass is 9.88. The number of likely N-dealkylation sites (tertiary alicyclic amines) is 1. The number of ether oxygens (including phenoxy) is 1. The number of amides is 1. The largest absolute Gasteiger partial charge is 0.388 e. The second-order valence-corrected chi connectivity index (χ2v) is 9.03. The Kier molecular flexibility index (Phi) is 6.65. The van der Waals surface area contributed by atoms with E-state index in [9.17, 15) is 9.59 Å². The van der Waals surface area contributed by atoms with Crippen molar-refractivity contribution in [2.75, 3.05) is 25.5 Å². The zero-order valence-electron chi connectivity index (χ0n) is 19.6. The standard InChI is InChI=1S/C25H34N4O3/c1-16-7-5-9-20-18(3)29(27-24(16)20)15-23(31)28-12-11-22(32-14-13-30)25(28)19-8-6-10-21(26-4)17(19)2/h6,8,10,13,16,22,25-26H,5,7,9,11-12,14-15H2,1-4H3/t16-,22+,25+/m0/s1. The van der Waals surface area contributed by atoms with E-state index < -0.39 is 0 Å². The maximum absolute atomic E-state index is 13.6. The molecule has 0 unspecified atom stereocenters. The first-order valence-corrected chi connectivity index (χ1v) is 11.6. The van der Waals surface area contributed by atoms with Gasteiger partial charge in [-0.05, 0) is 62.3 Å². The van der Waals surface area contributed by atoms with Gasteiger partial charge in [-0.25, -0.2) is 0 Å². The SMILES string of the molecule is CNc1cccc([C@@H]2[C@H](OCC=O)CCN2C(=O)Cn2nc3c(c2C)CCC[C@@H]3C)c1C. The highest BCUT2D eigenvalue weighted by atomic mass is 16.5. The van der Waals surface area contributed by atoms with Crippen LogP contribution in [0.15, 0.2) is 18.2 Å². The molecule has 32 heavy (non-hydrogen) atoms. The van der Waals surface area contributed by atoms with Crippen molar-refractivity contribution in [2.45, 2.75) is 71.1 Å². The van der Waals surface area contributed by atoms with E-state index in [4.69, 9.17) is 9.84 Å². The van der Waals surface area contributed by atoms with Crippen molar-refractivity contribution in [3.05, 3.63) is 46.3 Å². The van der Waals surface area contributed by atoms with Gasteiger partial charge in [-0.2, -0.15) is 5.10 Å². The molecule has 172 valence electrons. The summed E-state index contributed by atoms with van der Waals surface area (Å²) in [4.78, 5) is 26.4. The molecular weight excluding hydrogens is 404 g/mol. The summed E-state index contributed by atoms with van der Waals surface area (Å²) >= 11 is 0. The van der Waals surface area contributed by atoms with Crippen LogP contribution < -0.4 is 5.32 Å². The number of aromatic nitrogens is 2. The number of carbonyl (C=O) groups excluding carboxylic acids is 2. The van der Waals surface area contributed by atoms with Crippen molar-refractivity contribution in [3.63, 3.8) is 0 Å². The Morgan fingerprint density at radius 2 is 2.12 bits per heavy atom. The van der Waals surface area contributed by atoms with Gasteiger partial charge in [0.15, 0.2) is 0 Å². The zero-order valence-corrected chi connectivity index (χ0v) is 19.6. The van der Waals surface area contributed by atoms with Crippen LogP contribution in [-0.2, 0) is 27.3 Å². The van der Waals surface area contributed by atoms with E-state index >= 15 is 0 Å². The maximum atomic E-state index is 13.6. The number of benzene rings is 1. The first-order valence-electron chi connectivity index (χ1n) is 11.6. The molecule has 0 bridgehead atoms. The Bertz CT molecular complexity index is 999. The van der Waals surface area contributed by atoms with Gasteiger partial charge in [0.25, 0.3) is 0 Å². The number of hydrogen-bond donors (Lipinski definition) is 1. The molecule has 7 heteroatoms. The molecule has 1 aromatic carbocycles. The molecule has 2 heterocycles. The fourth-order valence-electron chi connectivity index (χ4n) is 5.40. The normalized spacial score (nSPS) is 22.6. The molecule has 1 N–H and O–H groups in total. The van der Waals surface area contributed by atoms with Gasteiger partial charge < -0.3 is 19.7 Å². The third-order valence-electron chi connectivity index (χ3n) is 7.18. The summed E-state index contributed by atoms with van der Waals surface area (Å²) in [6.45, 7) is 7.23. The molecule has 4 rings (SSSR count). The van der Waals surface area contributed by atoms with Crippen molar-refractivity contribution < 1.29 is 14.3 Å². The molecule has 0 radical (unpaired) electrons. The molecule has 1 aliphatic heterocycles. The molecule has 3 atom stereocenters. The van der Waals surface area contributed by atoms with Crippen molar-refractivity contribution in [1.29, 1.82) is 0 Å². The van der Waals surface area contributed by atoms with Crippen LogP contribution in [0.5, 0.6) is 0 Å². The summed E-state index contributed by atoms with van der Waals surface area (Å²) in [5.41, 5.74) is 6.77. The molecule has 1 amide bonds. The predicted octanol–water partition coefficient (Wildman–Crippen LogP) is 3.54. The van der Waals surface area contributed by atoms with Crippen LogP contribution in [-0.4, -0.2) is 53.2 Å². The molecule has 2 aliphatic rings. The quantitative estimate of drug-likeness (QED) is 0.669. The van der Waals surface area contributed by atoms with Gasteiger partial charge in [0, 0.05) is 30.9 Å². The number of hydrogen-bond acceptors (Lipinski definition) is 5. The molecular formula is C25H34N4O3. The Labute approximate surface area is 190 Å². The van der Waals surface area contributed by atoms with E-state index in [1.807, 2.05) is 28.8 Å². The van der Waals surface area contributed by atoms with Gasteiger partial charge in [-0.1, -0.05) is 19.1 Å². The highest BCUT2D eigenvalue weighted by Gasteiger charge is 2.40. The van der Waals surface area contributed by atoms with Crippen LogP contribution in [0.1, 0.15) is 66.2 Å². The summed E-state index contributed by atoms with van der Waals surface area (Å²) in [6, 6.07) is 5.86. The lowest BCUT2D eigenvalue weighted by Gasteiger charge is -2.30. The Balaban J connectivity index is 1.63. The van der Waals surface area contributed by atoms with Crippen LogP contribution in [0.2, 0.25) is 0 Å². The number of nitrogens with one attached hydrogen (secondary N) is 1. The lowest BCUT2D eigenvalue weighted by Crippen LogP contribution is -2.37. The predicted molar refractivity (Wildman–Crippen MR) is 124 cm³/mol. The van der Waals surface area contributed by atoms with Crippen LogP contribution in [0.4, 0.5) is 5.69 Å². The Morgan fingerprint density at radius 1 is 1.31 bits per heavy atom. The molecule has 7 nitrogen and oxygen atoms in total. The van der Waals surface area contributed by atoms with Crippen molar-refractivity contribution in [2.24, 2.45) is 0 Å². The molecule has 0 saturated carbocycles. The van der Waals surface area contributed by atoms with Gasteiger partial charge in [0.1, 0.15) is 19.4 Å². The van der Waals surface area contributed by atoms with E-state index in [0.717, 1.165) is 47.3 Å². The third-order valence-corrected chi connectivity index (χ3v) is 7.18. The molecule has 0 spiro atoms. The van der Waals surface area contributed by atoms with E-state index in [-0.39, 0.29) is 31.2 Å². The molecule has 1 aliphatic carbocycles. The first-order chi connectivity index (χ1) is 15.5. The van der Waals surface area contributed by atoms with Gasteiger partial charge >= 0.3 is 0 Å². The van der Waals surface area contributed by atoms with Crippen LogP contribution in [0, 0.1) is 13.8 Å². The van der Waals surface area contributed by atoms with E-state index in [1.165, 1.54) is 12.0 Å². The summed E-state index contributed by atoms with van der Waals surface area (Å²) in [7, 11) is 1.90. The molecule has 2 aromatic rings. The van der Waals surface area contributed by atoms with Crippen molar-refractivity contribution in [1.82, 2.24) is 14.7 Å². The molecule has 1 aromatic heterocycles. The van der Waals surface area contributed by atoms with E-state index in [0.29, 0.717) is 18.9 Å². The summed E-state index contributed by atoms with van der Waals surface area (Å²) in [6.07, 6.45) is 4.66. The average Bonchev–Trinajstić information content (AvgIpc) is 3.35. The lowest BCUT2D eigenvalue weighted by molar-refractivity contribution is -0.134. The Hall–Kier alpha value is -2.67. The van der Waals surface area contributed by atoms with Crippen molar-refractivity contribution in [3.8, 4) is 0 Å². The fourth-order valence-corrected chi connectivity index (χ4v) is 5.40. The first kappa shape index (κ1) is 22.5. The summed E-state index contributed by atoms with van der Waals surface area (Å²) in [5, 5.41) is 8.06. The fraction of sp³-hybridized carbons (Fsp3) is 0.560. The minimum atomic E-state index is -0.222. The van der Waals surface area contributed by atoms with Gasteiger partial charge in [0.05, 0.1) is 17.8 Å². The topological polar surface area (TPSA) is 76.5 Å². The minimum absolute atomic E-state index is 0.0385. The smallest absolute Gasteiger partial charge is 0.244 e. The van der Waals surface area contributed by atoms with Crippen LogP contribution >= 0.6 is 0 Å². The zero-order chi connectivity index (χ0) is 22.8.